The molecular formula is C14H24N4. The summed E-state index contributed by atoms with van der Waals surface area (Å²) in [6, 6.07) is 3.95. The molecule has 2 N–H and O–H groups in total. The highest BCUT2D eigenvalue weighted by atomic mass is 15.2. The first-order valence-corrected chi connectivity index (χ1v) is 6.69. The highest BCUT2D eigenvalue weighted by Crippen LogP contribution is 2.20. The van der Waals surface area contributed by atoms with Crippen molar-refractivity contribution in [2.24, 2.45) is 5.92 Å². The Morgan fingerprint density at radius 2 is 2.28 bits per heavy atom. The first kappa shape index (κ1) is 13.1. The van der Waals surface area contributed by atoms with Crippen LogP contribution in [0.3, 0.4) is 0 Å². The number of hydrogen-bond acceptors (Lipinski definition) is 4. The molecule has 0 amide bonds. The molecular weight excluding hydrogens is 224 g/mol. The molecule has 1 saturated heterocycles. The molecule has 2 rings (SSSR count). The third-order valence-electron chi connectivity index (χ3n) is 3.86. The van der Waals surface area contributed by atoms with E-state index in [4.69, 9.17) is 5.73 Å². The van der Waals surface area contributed by atoms with Gasteiger partial charge in [-0.2, -0.15) is 0 Å². The van der Waals surface area contributed by atoms with Crippen LogP contribution in [0.25, 0.3) is 0 Å². The van der Waals surface area contributed by atoms with Gasteiger partial charge in [0.25, 0.3) is 0 Å². The molecule has 1 aromatic heterocycles. The van der Waals surface area contributed by atoms with Crippen LogP contribution in [0.4, 0.5) is 11.5 Å². The molecule has 18 heavy (non-hydrogen) atoms. The number of pyridine rings is 1. The zero-order valence-electron chi connectivity index (χ0n) is 11.7. The van der Waals surface area contributed by atoms with Gasteiger partial charge in [0, 0.05) is 20.1 Å². The van der Waals surface area contributed by atoms with Crippen molar-refractivity contribution in [3.63, 3.8) is 0 Å². The Hall–Kier alpha value is -1.29. The summed E-state index contributed by atoms with van der Waals surface area (Å²) in [5, 5.41) is 0. The van der Waals surface area contributed by atoms with Crippen molar-refractivity contribution in [1.82, 2.24) is 9.88 Å². The molecule has 1 aliphatic rings. The van der Waals surface area contributed by atoms with Gasteiger partial charge in [0.1, 0.15) is 5.82 Å². The van der Waals surface area contributed by atoms with Gasteiger partial charge >= 0.3 is 0 Å². The smallest absolute Gasteiger partial charge is 0.128 e. The SMILES string of the molecule is Cc1nc(N(C)CCC2CCN(C)C2)ccc1N. The maximum atomic E-state index is 5.79. The number of rotatable bonds is 4. The Bertz CT molecular complexity index is 405. The monoisotopic (exact) mass is 248 g/mol. The van der Waals surface area contributed by atoms with Crippen molar-refractivity contribution in [2.45, 2.75) is 19.8 Å². The maximum absolute atomic E-state index is 5.79. The largest absolute Gasteiger partial charge is 0.397 e. The third-order valence-corrected chi connectivity index (χ3v) is 3.86. The second-order valence-electron chi connectivity index (χ2n) is 5.47. The third kappa shape index (κ3) is 3.13. The number of hydrogen-bond donors (Lipinski definition) is 1. The van der Waals surface area contributed by atoms with Crippen molar-refractivity contribution in [2.75, 3.05) is 44.4 Å². The van der Waals surface area contributed by atoms with Crippen LogP contribution >= 0.6 is 0 Å². The number of nitrogens with zero attached hydrogens (tertiary/aromatic N) is 3. The number of likely N-dealkylation sites (tertiary alicyclic amines) is 1. The normalized spacial score (nSPS) is 20.3. The van der Waals surface area contributed by atoms with Crippen LogP contribution in [0.15, 0.2) is 12.1 Å². The van der Waals surface area contributed by atoms with Gasteiger partial charge in [0.05, 0.1) is 11.4 Å². The van der Waals surface area contributed by atoms with E-state index in [0.717, 1.165) is 29.7 Å². The Balaban J connectivity index is 1.87. The van der Waals surface area contributed by atoms with Crippen LogP contribution in [0.2, 0.25) is 0 Å². The van der Waals surface area contributed by atoms with E-state index in [-0.39, 0.29) is 0 Å². The fourth-order valence-corrected chi connectivity index (χ4v) is 2.52. The van der Waals surface area contributed by atoms with Gasteiger partial charge in [-0.05, 0) is 51.4 Å². The first-order valence-electron chi connectivity index (χ1n) is 6.69. The van der Waals surface area contributed by atoms with Crippen LogP contribution < -0.4 is 10.6 Å². The number of anilines is 2. The summed E-state index contributed by atoms with van der Waals surface area (Å²) in [5.74, 6) is 1.86. The summed E-state index contributed by atoms with van der Waals surface area (Å²) >= 11 is 0. The molecule has 1 fully saturated rings. The molecule has 0 spiro atoms. The second-order valence-corrected chi connectivity index (χ2v) is 5.47. The predicted molar refractivity (Wildman–Crippen MR) is 76.9 cm³/mol. The molecule has 1 aromatic rings. The zero-order chi connectivity index (χ0) is 13.1. The standard InChI is InChI=1S/C14H24N4/c1-11-13(15)4-5-14(16-11)18(3)9-7-12-6-8-17(2)10-12/h4-5,12H,6-10,15H2,1-3H3. The molecule has 1 aliphatic heterocycles. The lowest BCUT2D eigenvalue weighted by Crippen LogP contribution is -2.23. The quantitative estimate of drug-likeness (QED) is 0.882. The van der Waals surface area contributed by atoms with Gasteiger partial charge in [-0.1, -0.05) is 0 Å². The summed E-state index contributed by atoms with van der Waals surface area (Å²) < 4.78 is 0. The lowest BCUT2D eigenvalue weighted by molar-refractivity contribution is 0.389. The number of aryl methyl sites for hydroxylation is 1. The average molecular weight is 248 g/mol. The van der Waals surface area contributed by atoms with Crippen molar-refractivity contribution in [1.29, 1.82) is 0 Å². The molecule has 100 valence electrons. The lowest BCUT2D eigenvalue weighted by atomic mass is 10.1. The van der Waals surface area contributed by atoms with E-state index in [0.29, 0.717) is 0 Å². The van der Waals surface area contributed by atoms with E-state index in [2.05, 4.69) is 28.9 Å². The highest BCUT2D eigenvalue weighted by Gasteiger charge is 2.19. The molecule has 1 unspecified atom stereocenters. The molecule has 0 radical (unpaired) electrons. The van der Waals surface area contributed by atoms with Gasteiger partial charge in [0.15, 0.2) is 0 Å². The summed E-state index contributed by atoms with van der Waals surface area (Å²) in [6.07, 6.45) is 2.57. The van der Waals surface area contributed by atoms with E-state index in [9.17, 15) is 0 Å². The molecule has 0 aliphatic carbocycles. The Kier molecular flexibility index (Phi) is 4.07. The summed E-state index contributed by atoms with van der Waals surface area (Å²) in [4.78, 5) is 9.16. The van der Waals surface area contributed by atoms with Crippen LogP contribution in [-0.4, -0.2) is 43.6 Å². The molecule has 4 heteroatoms. The predicted octanol–water partition coefficient (Wildman–Crippen LogP) is 1.75. The van der Waals surface area contributed by atoms with Gasteiger partial charge in [0.2, 0.25) is 0 Å². The van der Waals surface area contributed by atoms with E-state index in [1.54, 1.807) is 0 Å². The van der Waals surface area contributed by atoms with Crippen molar-refractivity contribution < 1.29 is 0 Å². The lowest BCUT2D eigenvalue weighted by Gasteiger charge is -2.21. The molecule has 0 aromatic carbocycles. The van der Waals surface area contributed by atoms with E-state index in [1.165, 1.54) is 25.9 Å². The minimum atomic E-state index is 0.768. The van der Waals surface area contributed by atoms with Crippen molar-refractivity contribution in [3.05, 3.63) is 17.8 Å². The average Bonchev–Trinajstić information content (AvgIpc) is 2.75. The maximum Gasteiger partial charge on any atom is 0.128 e. The first-order chi connectivity index (χ1) is 8.56. The summed E-state index contributed by atoms with van der Waals surface area (Å²) in [7, 11) is 4.31. The fraction of sp³-hybridized carbons (Fsp3) is 0.643. The second kappa shape index (κ2) is 5.57. The Morgan fingerprint density at radius 1 is 1.50 bits per heavy atom. The highest BCUT2D eigenvalue weighted by molar-refractivity contribution is 5.49. The van der Waals surface area contributed by atoms with E-state index in [1.807, 2.05) is 19.1 Å². The van der Waals surface area contributed by atoms with Crippen LogP contribution in [0, 0.1) is 12.8 Å². The van der Waals surface area contributed by atoms with Crippen molar-refractivity contribution >= 4 is 11.5 Å². The van der Waals surface area contributed by atoms with Crippen LogP contribution in [0.1, 0.15) is 18.5 Å². The topological polar surface area (TPSA) is 45.4 Å². The van der Waals surface area contributed by atoms with E-state index < -0.39 is 0 Å². The minimum absolute atomic E-state index is 0.768. The van der Waals surface area contributed by atoms with Crippen molar-refractivity contribution in [3.8, 4) is 0 Å². The molecule has 4 nitrogen and oxygen atoms in total. The fourth-order valence-electron chi connectivity index (χ4n) is 2.52. The molecule has 2 heterocycles. The summed E-state index contributed by atoms with van der Waals surface area (Å²) in [5.41, 5.74) is 7.48. The van der Waals surface area contributed by atoms with Gasteiger partial charge in [-0.15, -0.1) is 0 Å². The molecule has 0 bridgehead atoms. The number of nitrogens with two attached hydrogens (primary N) is 1. The molecule has 1 atom stereocenters. The minimum Gasteiger partial charge on any atom is -0.397 e. The number of aromatic nitrogens is 1. The van der Waals surface area contributed by atoms with Gasteiger partial charge in [-0.3, -0.25) is 0 Å². The Morgan fingerprint density at radius 3 is 2.89 bits per heavy atom. The number of nitrogen functional groups attached to an aromatic ring is 1. The van der Waals surface area contributed by atoms with Crippen LogP contribution in [0.5, 0.6) is 0 Å². The molecule has 0 saturated carbocycles. The van der Waals surface area contributed by atoms with Crippen LogP contribution in [-0.2, 0) is 0 Å². The van der Waals surface area contributed by atoms with Gasteiger partial charge < -0.3 is 15.5 Å². The summed E-state index contributed by atoms with van der Waals surface area (Å²) in [6.45, 7) is 5.50. The zero-order valence-corrected chi connectivity index (χ0v) is 11.7. The Labute approximate surface area is 110 Å². The van der Waals surface area contributed by atoms with Gasteiger partial charge in [-0.25, -0.2) is 4.98 Å². The van der Waals surface area contributed by atoms with E-state index >= 15 is 0 Å².